The van der Waals surface area contributed by atoms with Gasteiger partial charge in [-0.05, 0) is 37.1 Å². The van der Waals surface area contributed by atoms with Crippen molar-refractivity contribution in [2.75, 3.05) is 25.0 Å². The second kappa shape index (κ2) is 11.1. The summed E-state index contributed by atoms with van der Waals surface area (Å²) in [5, 5.41) is 10.4. The van der Waals surface area contributed by atoms with Crippen LogP contribution in [0.25, 0.3) is 0 Å². The summed E-state index contributed by atoms with van der Waals surface area (Å²) in [4.78, 5) is 10.6. The van der Waals surface area contributed by atoms with Crippen LogP contribution in [0.15, 0.2) is 33.8 Å². The third-order valence-corrected chi connectivity index (χ3v) is 4.40. The second-order valence-electron chi connectivity index (χ2n) is 6.46. The number of nitrogens with one attached hydrogen (secondary N) is 2. The highest BCUT2D eigenvalue weighted by molar-refractivity contribution is 14.0. The van der Waals surface area contributed by atoms with E-state index in [0.29, 0.717) is 24.2 Å². The summed E-state index contributed by atoms with van der Waals surface area (Å²) >= 11 is 0. The van der Waals surface area contributed by atoms with Gasteiger partial charge >= 0.3 is 6.61 Å². The van der Waals surface area contributed by atoms with E-state index in [-0.39, 0.29) is 35.8 Å². The molecule has 1 atom stereocenters. The standard InChI is InChI=1S/C18H24F2N6O2.HI/c1-12-23-16(25-28-12)10-22-18(21-2)24-13-4-3-9-26(11-13)14-5-7-15(8-6-14)27-17(19)20;/h5-8,13,17H,3-4,9-11H2,1-2H3,(H2,21,22,24);1H. The van der Waals surface area contributed by atoms with Crippen LogP contribution in [0.4, 0.5) is 14.5 Å². The van der Waals surface area contributed by atoms with E-state index in [2.05, 4.69) is 35.4 Å². The van der Waals surface area contributed by atoms with Crippen LogP contribution in [0.1, 0.15) is 24.6 Å². The van der Waals surface area contributed by atoms with Gasteiger partial charge in [-0.25, -0.2) is 0 Å². The highest BCUT2D eigenvalue weighted by atomic mass is 127. The maximum Gasteiger partial charge on any atom is 0.387 e. The zero-order chi connectivity index (χ0) is 19.9. The lowest BCUT2D eigenvalue weighted by molar-refractivity contribution is -0.0498. The fourth-order valence-corrected chi connectivity index (χ4v) is 3.13. The Morgan fingerprint density at radius 1 is 1.38 bits per heavy atom. The molecule has 1 unspecified atom stereocenters. The molecule has 1 aromatic carbocycles. The Balaban J connectivity index is 0.00000300. The monoisotopic (exact) mass is 522 g/mol. The number of hydrogen-bond donors (Lipinski definition) is 2. The number of aryl methyl sites for hydroxylation is 1. The normalized spacial score (nSPS) is 17.1. The molecule has 2 heterocycles. The Morgan fingerprint density at radius 2 is 2.14 bits per heavy atom. The number of ether oxygens (including phenoxy) is 1. The molecule has 0 saturated carbocycles. The Bertz CT molecular complexity index is 787. The zero-order valence-electron chi connectivity index (χ0n) is 16.3. The molecule has 0 radical (unpaired) electrons. The molecular formula is C18H25F2IN6O2. The van der Waals surface area contributed by atoms with Gasteiger partial charge in [0.25, 0.3) is 0 Å². The fourth-order valence-electron chi connectivity index (χ4n) is 3.13. The van der Waals surface area contributed by atoms with Crippen molar-refractivity contribution in [1.29, 1.82) is 0 Å². The number of piperidine rings is 1. The Morgan fingerprint density at radius 3 is 2.76 bits per heavy atom. The molecule has 2 aromatic rings. The molecule has 160 valence electrons. The van der Waals surface area contributed by atoms with Crippen molar-refractivity contribution >= 4 is 35.6 Å². The van der Waals surface area contributed by atoms with Crippen molar-refractivity contribution < 1.29 is 18.0 Å². The first-order valence-electron chi connectivity index (χ1n) is 9.09. The van der Waals surface area contributed by atoms with E-state index in [9.17, 15) is 8.78 Å². The predicted octanol–water partition coefficient (Wildman–Crippen LogP) is 2.93. The molecule has 3 rings (SSSR count). The van der Waals surface area contributed by atoms with Gasteiger partial charge in [-0.1, -0.05) is 5.16 Å². The lowest BCUT2D eigenvalue weighted by Gasteiger charge is -2.35. The number of guanidine groups is 1. The van der Waals surface area contributed by atoms with Gasteiger partial charge in [0.2, 0.25) is 5.89 Å². The summed E-state index contributed by atoms with van der Waals surface area (Å²) in [6, 6.07) is 6.92. The molecule has 11 heteroatoms. The highest BCUT2D eigenvalue weighted by Crippen LogP contribution is 2.23. The summed E-state index contributed by atoms with van der Waals surface area (Å²) < 4.78 is 33.9. The van der Waals surface area contributed by atoms with Crippen LogP contribution in [-0.2, 0) is 6.54 Å². The van der Waals surface area contributed by atoms with Crippen LogP contribution in [0.5, 0.6) is 5.75 Å². The minimum atomic E-state index is -2.81. The van der Waals surface area contributed by atoms with Crippen molar-refractivity contribution in [1.82, 2.24) is 20.8 Å². The first kappa shape index (κ1) is 23.1. The van der Waals surface area contributed by atoms with Gasteiger partial charge in [-0.3, -0.25) is 4.99 Å². The number of alkyl halides is 2. The molecule has 2 N–H and O–H groups in total. The molecular weight excluding hydrogens is 497 g/mol. The van der Waals surface area contributed by atoms with Gasteiger partial charge in [-0.2, -0.15) is 13.8 Å². The molecule has 1 aliphatic heterocycles. The number of hydrogen-bond acceptors (Lipinski definition) is 6. The minimum absolute atomic E-state index is 0. The molecule has 1 aliphatic rings. The average molecular weight is 522 g/mol. The summed E-state index contributed by atoms with van der Waals surface area (Å²) in [6.45, 7) is 1.02. The SMILES string of the molecule is CN=C(NCc1noc(C)n1)NC1CCCN(c2ccc(OC(F)F)cc2)C1.I. The van der Waals surface area contributed by atoms with E-state index in [0.717, 1.165) is 31.6 Å². The van der Waals surface area contributed by atoms with Crippen molar-refractivity contribution in [3.05, 3.63) is 36.0 Å². The molecule has 29 heavy (non-hydrogen) atoms. The van der Waals surface area contributed by atoms with Gasteiger partial charge < -0.3 is 24.8 Å². The molecule has 0 amide bonds. The van der Waals surface area contributed by atoms with Crippen molar-refractivity contribution in [3.8, 4) is 5.75 Å². The van der Waals surface area contributed by atoms with E-state index >= 15 is 0 Å². The molecule has 1 aromatic heterocycles. The quantitative estimate of drug-likeness (QED) is 0.343. The van der Waals surface area contributed by atoms with Crippen molar-refractivity contribution in [3.63, 3.8) is 0 Å². The van der Waals surface area contributed by atoms with Crippen LogP contribution >= 0.6 is 24.0 Å². The fraction of sp³-hybridized carbons (Fsp3) is 0.500. The number of aromatic nitrogens is 2. The van der Waals surface area contributed by atoms with E-state index in [1.165, 1.54) is 0 Å². The summed E-state index contributed by atoms with van der Waals surface area (Å²) in [6.07, 6.45) is 2.01. The van der Waals surface area contributed by atoms with Crippen LogP contribution in [0, 0.1) is 6.92 Å². The molecule has 0 aliphatic carbocycles. The van der Waals surface area contributed by atoms with Crippen molar-refractivity contribution in [2.24, 2.45) is 4.99 Å². The van der Waals surface area contributed by atoms with E-state index in [4.69, 9.17) is 4.52 Å². The van der Waals surface area contributed by atoms with Crippen LogP contribution < -0.4 is 20.3 Å². The van der Waals surface area contributed by atoms with Gasteiger partial charge in [0.15, 0.2) is 11.8 Å². The smallest absolute Gasteiger partial charge is 0.387 e. The Labute approximate surface area is 185 Å². The number of halogens is 3. The first-order chi connectivity index (χ1) is 13.5. The number of benzene rings is 1. The van der Waals surface area contributed by atoms with Gasteiger partial charge in [-0.15, -0.1) is 24.0 Å². The lowest BCUT2D eigenvalue weighted by Crippen LogP contribution is -2.51. The second-order valence-corrected chi connectivity index (χ2v) is 6.46. The lowest BCUT2D eigenvalue weighted by atomic mass is 10.0. The number of anilines is 1. The van der Waals surface area contributed by atoms with Gasteiger partial charge in [0.1, 0.15) is 5.75 Å². The third-order valence-electron chi connectivity index (χ3n) is 4.40. The summed E-state index contributed by atoms with van der Waals surface area (Å²) in [5.41, 5.74) is 0.971. The largest absolute Gasteiger partial charge is 0.435 e. The van der Waals surface area contributed by atoms with E-state index in [1.54, 1.807) is 38.2 Å². The maximum absolute atomic E-state index is 12.3. The maximum atomic E-state index is 12.3. The third kappa shape index (κ3) is 6.98. The average Bonchev–Trinajstić information content (AvgIpc) is 3.10. The number of aliphatic imine (C=N–C) groups is 1. The van der Waals surface area contributed by atoms with E-state index in [1.807, 2.05) is 0 Å². The van der Waals surface area contributed by atoms with Gasteiger partial charge in [0.05, 0.1) is 6.54 Å². The first-order valence-corrected chi connectivity index (χ1v) is 9.09. The molecule has 1 saturated heterocycles. The molecule has 8 nitrogen and oxygen atoms in total. The predicted molar refractivity (Wildman–Crippen MR) is 116 cm³/mol. The minimum Gasteiger partial charge on any atom is -0.435 e. The van der Waals surface area contributed by atoms with E-state index < -0.39 is 6.61 Å². The highest BCUT2D eigenvalue weighted by Gasteiger charge is 2.21. The zero-order valence-corrected chi connectivity index (χ0v) is 18.6. The topological polar surface area (TPSA) is 87.8 Å². The van der Waals surface area contributed by atoms with Crippen LogP contribution in [0.3, 0.4) is 0 Å². The summed E-state index contributed by atoms with van der Waals surface area (Å²) in [5.74, 6) is 1.91. The summed E-state index contributed by atoms with van der Waals surface area (Å²) in [7, 11) is 1.71. The molecule has 1 fully saturated rings. The van der Waals surface area contributed by atoms with Crippen LogP contribution in [-0.4, -0.2) is 48.9 Å². The van der Waals surface area contributed by atoms with Gasteiger partial charge in [0, 0.05) is 38.8 Å². The number of nitrogens with zero attached hydrogens (tertiary/aromatic N) is 4. The molecule has 0 spiro atoms. The molecule has 0 bridgehead atoms. The van der Waals surface area contributed by atoms with Crippen LogP contribution in [0.2, 0.25) is 0 Å². The Kier molecular flexibility index (Phi) is 8.86. The van der Waals surface area contributed by atoms with Crippen molar-refractivity contribution in [2.45, 2.75) is 39.0 Å². The Hall–Kier alpha value is -2.18. The number of rotatable bonds is 6.